The summed E-state index contributed by atoms with van der Waals surface area (Å²) in [7, 11) is 1.81. The molecular formula is C16H14INO2S. The van der Waals surface area contributed by atoms with E-state index in [1.165, 1.54) is 0 Å². The molecule has 0 N–H and O–H groups in total. The van der Waals surface area contributed by atoms with Crippen LogP contribution in [0.4, 0.5) is 0 Å². The Balaban J connectivity index is 1.86. The highest BCUT2D eigenvalue weighted by Gasteiger charge is 2.22. The van der Waals surface area contributed by atoms with Gasteiger partial charge in [0.15, 0.2) is 0 Å². The first-order chi connectivity index (χ1) is 10.1. The molecule has 0 radical (unpaired) electrons. The molecule has 0 fully saturated rings. The van der Waals surface area contributed by atoms with Crippen LogP contribution in [-0.2, 0) is 0 Å². The minimum absolute atomic E-state index is 0.0159. The maximum Gasteiger partial charge on any atom is 0.255 e. The third kappa shape index (κ3) is 2.85. The van der Waals surface area contributed by atoms with Crippen molar-refractivity contribution in [2.45, 2.75) is 13.0 Å². The fourth-order valence-corrected chi connectivity index (χ4v) is 3.52. The average molecular weight is 411 g/mol. The molecule has 2 heterocycles. The summed E-state index contributed by atoms with van der Waals surface area (Å²) < 4.78 is 6.96. The number of benzene rings is 1. The summed E-state index contributed by atoms with van der Waals surface area (Å²) in [5.74, 6) is 0.819. The van der Waals surface area contributed by atoms with Gasteiger partial charge in [-0.05, 0) is 47.7 Å². The van der Waals surface area contributed by atoms with Gasteiger partial charge in [0.25, 0.3) is 5.91 Å². The topological polar surface area (TPSA) is 33.5 Å². The number of rotatable bonds is 3. The molecule has 0 spiro atoms. The summed E-state index contributed by atoms with van der Waals surface area (Å²) in [5, 5.41) is 2.96. The van der Waals surface area contributed by atoms with Crippen LogP contribution >= 0.6 is 33.9 Å². The molecule has 3 aromatic rings. The molecule has 0 bridgehead atoms. The zero-order chi connectivity index (χ0) is 15.0. The molecule has 0 aliphatic heterocycles. The van der Waals surface area contributed by atoms with E-state index in [4.69, 9.17) is 4.42 Å². The molecule has 1 unspecified atom stereocenters. The number of amides is 1. The molecule has 0 saturated carbocycles. The van der Waals surface area contributed by atoms with Gasteiger partial charge < -0.3 is 9.32 Å². The van der Waals surface area contributed by atoms with Gasteiger partial charge in [-0.1, -0.05) is 18.2 Å². The van der Waals surface area contributed by atoms with Crippen molar-refractivity contribution in [3.8, 4) is 0 Å². The van der Waals surface area contributed by atoms with Crippen LogP contribution in [0.15, 0.2) is 46.2 Å². The van der Waals surface area contributed by atoms with Crippen LogP contribution in [0.25, 0.3) is 11.0 Å². The van der Waals surface area contributed by atoms with E-state index in [2.05, 4.69) is 22.6 Å². The number of nitrogens with zero attached hydrogens (tertiary/aromatic N) is 1. The van der Waals surface area contributed by atoms with E-state index in [9.17, 15) is 4.79 Å². The Hall–Kier alpha value is -1.34. The third-order valence-corrected chi connectivity index (χ3v) is 5.36. The van der Waals surface area contributed by atoms with Crippen molar-refractivity contribution < 1.29 is 9.21 Å². The summed E-state index contributed by atoms with van der Waals surface area (Å²) >= 11 is 3.80. The molecule has 21 heavy (non-hydrogen) atoms. The number of para-hydroxylation sites is 1. The predicted molar refractivity (Wildman–Crippen MR) is 93.8 cm³/mol. The Morgan fingerprint density at radius 2 is 2.10 bits per heavy atom. The second kappa shape index (κ2) is 5.81. The fourth-order valence-electron chi connectivity index (χ4n) is 2.20. The highest BCUT2D eigenvalue weighted by Crippen LogP contribution is 2.28. The standard InChI is InChI=1S/C16H14INO2S/c1-10(14-7-11-5-3-4-6-13(11)20-14)18(2)16(19)12-8-15(17)21-9-12/h3-10H,1-2H3. The quantitative estimate of drug-likeness (QED) is 0.573. The van der Waals surface area contributed by atoms with Crippen molar-refractivity contribution in [3.63, 3.8) is 0 Å². The number of hydrogen-bond donors (Lipinski definition) is 0. The number of carbonyl (C=O) groups is 1. The average Bonchev–Trinajstić information content (AvgIpc) is 3.10. The van der Waals surface area contributed by atoms with Crippen LogP contribution in [0.3, 0.4) is 0 Å². The van der Waals surface area contributed by atoms with E-state index < -0.39 is 0 Å². The van der Waals surface area contributed by atoms with E-state index in [1.807, 2.05) is 55.7 Å². The maximum atomic E-state index is 12.5. The first-order valence-electron chi connectivity index (χ1n) is 6.56. The van der Waals surface area contributed by atoms with E-state index in [-0.39, 0.29) is 11.9 Å². The van der Waals surface area contributed by atoms with E-state index >= 15 is 0 Å². The number of thiophene rings is 1. The molecule has 3 rings (SSSR count). The molecule has 0 saturated heterocycles. The normalized spacial score (nSPS) is 12.5. The SMILES string of the molecule is CC(c1cc2ccccc2o1)N(C)C(=O)c1csc(I)c1. The lowest BCUT2D eigenvalue weighted by atomic mass is 10.2. The van der Waals surface area contributed by atoms with Crippen LogP contribution in [0.5, 0.6) is 0 Å². The maximum absolute atomic E-state index is 12.5. The van der Waals surface area contributed by atoms with Gasteiger partial charge in [-0.25, -0.2) is 0 Å². The highest BCUT2D eigenvalue weighted by molar-refractivity contribution is 14.1. The highest BCUT2D eigenvalue weighted by atomic mass is 127. The largest absolute Gasteiger partial charge is 0.459 e. The second-order valence-electron chi connectivity index (χ2n) is 4.92. The Morgan fingerprint density at radius 1 is 1.33 bits per heavy atom. The second-order valence-corrected chi connectivity index (χ2v) is 7.72. The number of halogens is 1. The fraction of sp³-hybridized carbons (Fsp3) is 0.188. The molecule has 3 nitrogen and oxygen atoms in total. The predicted octanol–water partition coefficient (Wildman–Crippen LogP) is 4.93. The summed E-state index contributed by atoms with van der Waals surface area (Å²) in [4.78, 5) is 14.2. The molecule has 5 heteroatoms. The van der Waals surface area contributed by atoms with Crippen LogP contribution in [-0.4, -0.2) is 17.9 Å². The van der Waals surface area contributed by atoms with Crippen LogP contribution in [0, 0.1) is 2.88 Å². The molecule has 1 atom stereocenters. The van der Waals surface area contributed by atoms with E-state index in [0.717, 1.165) is 25.2 Å². The monoisotopic (exact) mass is 411 g/mol. The molecule has 1 aromatic carbocycles. The van der Waals surface area contributed by atoms with Gasteiger partial charge in [0.2, 0.25) is 0 Å². The summed E-state index contributed by atoms with van der Waals surface area (Å²) in [6, 6.07) is 11.7. The van der Waals surface area contributed by atoms with Crippen LogP contribution in [0.2, 0.25) is 0 Å². The Kier molecular flexibility index (Phi) is 4.03. The molecule has 0 aliphatic carbocycles. The smallest absolute Gasteiger partial charge is 0.255 e. The molecule has 2 aromatic heterocycles. The summed E-state index contributed by atoms with van der Waals surface area (Å²) in [5.41, 5.74) is 1.58. The lowest BCUT2D eigenvalue weighted by Gasteiger charge is -2.22. The van der Waals surface area contributed by atoms with Crippen LogP contribution < -0.4 is 0 Å². The number of carbonyl (C=O) groups excluding carboxylic acids is 1. The Labute approximate surface area is 140 Å². The van der Waals surface area contributed by atoms with Gasteiger partial charge in [-0.3, -0.25) is 4.79 Å². The van der Waals surface area contributed by atoms with Crippen molar-refractivity contribution in [2.75, 3.05) is 7.05 Å². The number of hydrogen-bond acceptors (Lipinski definition) is 3. The Morgan fingerprint density at radius 3 is 2.76 bits per heavy atom. The molecule has 1 amide bonds. The van der Waals surface area contributed by atoms with Crippen molar-refractivity contribution in [3.05, 3.63) is 56.0 Å². The molecule has 108 valence electrons. The lowest BCUT2D eigenvalue weighted by molar-refractivity contribution is 0.0728. The van der Waals surface area contributed by atoms with Gasteiger partial charge in [0, 0.05) is 17.8 Å². The van der Waals surface area contributed by atoms with Crippen molar-refractivity contribution >= 4 is 50.8 Å². The first-order valence-corrected chi connectivity index (χ1v) is 8.52. The zero-order valence-corrected chi connectivity index (χ0v) is 14.6. The van der Waals surface area contributed by atoms with Gasteiger partial charge in [-0.2, -0.15) is 0 Å². The van der Waals surface area contributed by atoms with Crippen molar-refractivity contribution in [1.29, 1.82) is 0 Å². The van der Waals surface area contributed by atoms with E-state index in [0.29, 0.717) is 0 Å². The lowest BCUT2D eigenvalue weighted by Crippen LogP contribution is -2.29. The van der Waals surface area contributed by atoms with Gasteiger partial charge in [0.1, 0.15) is 11.3 Å². The van der Waals surface area contributed by atoms with Crippen molar-refractivity contribution in [1.82, 2.24) is 4.90 Å². The number of fused-ring (bicyclic) bond motifs is 1. The first kappa shape index (κ1) is 14.6. The molecular weight excluding hydrogens is 397 g/mol. The minimum atomic E-state index is -0.109. The van der Waals surface area contributed by atoms with Gasteiger partial charge in [0.05, 0.1) is 14.5 Å². The number of furan rings is 1. The summed E-state index contributed by atoms with van der Waals surface area (Å²) in [6.45, 7) is 1.98. The Bertz CT molecular complexity index is 759. The summed E-state index contributed by atoms with van der Waals surface area (Å²) in [6.07, 6.45) is 0. The van der Waals surface area contributed by atoms with Crippen molar-refractivity contribution in [2.24, 2.45) is 0 Å². The molecule has 0 aliphatic rings. The van der Waals surface area contributed by atoms with Crippen LogP contribution in [0.1, 0.15) is 29.1 Å². The van der Waals surface area contributed by atoms with Gasteiger partial charge in [-0.15, -0.1) is 11.3 Å². The minimum Gasteiger partial charge on any atom is -0.459 e. The zero-order valence-electron chi connectivity index (χ0n) is 11.7. The van der Waals surface area contributed by atoms with E-state index in [1.54, 1.807) is 16.2 Å². The van der Waals surface area contributed by atoms with Gasteiger partial charge >= 0.3 is 0 Å². The third-order valence-electron chi connectivity index (χ3n) is 3.57.